The summed E-state index contributed by atoms with van der Waals surface area (Å²) < 4.78 is 5.07. The van der Waals surface area contributed by atoms with Crippen LogP contribution in [0.5, 0.6) is 5.75 Å². The summed E-state index contributed by atoms with van der Waals surface area (Å²) in [7, 11) is 1.51. The minimum absolute atomic E-state index is 0.235. The van der Waals surface area contributed by atoms with Crippen molar-refractivity contribution in [1.29, 1.82) is 0 Å². The minimum atomic E-state index is -0.919. The Morgan fingerprint density at radius 1 is 1.07 bits per heavy atom. The largest absolute Gasteiger partial charge is 0.497 e. The number of Topliss-reactive ketones (excluding diaryl/α,β-unsaturated/α-hetero) is 1. The van der Waals surface area contributed by atoms with Crippen molar-refractivity contribution >= 4 is 35.4 Å². The van der Waals surface area contributed by atoms with Crippen LogP contribution in [0.4, 0.5) is 5.69 Å². The molecule has 0 spiro atoms. The van der Waals surface area contributed by atoms with Gasteiger partial charge < -0.3 is 4.74 Å². The molecule has 2 aromatic carbocycles. The number of hydrogen-bond donors (Lipinski definition) is 1. The van der Waals surface area contributed by atoms with Crippen molar-refractivity contribution in [2.75, 3.05) is 18.7 Å². The SMILES string of the molecule is C/C=N/N(C(=O)C(=O)CNN1C(=O)c2ccccc2C1=O)c1ccc(OC)cc1. The number of hydrogen-bond acceptors (Lipinski definition) is 7. The number of carbonyl (C=O) groups excluding carboxylic acids is 4. The predicted molar refractivity (Wildman–Crippen MR) is 105 cm³/mol. The molecule has 0 atom stereocenters. The number of ketones is 1. The van der Waals surface area contributed by atoms with Crippen LogP contribution in [0.2, 0.25) is 0 Å². The van der Waals surface area contributed by atoms with Gasteiger partial charge in [0.15, 0.2) is 0 Å². The van der Waals surface area contributed by atoms with Gasteiger partial charge in [-0.3, -0.25) is 19.2 Å². The van der Waals surface area contributed by atoms with E-state index in [-0.39, 0.29) is 11.1 Å². The highest BCUT2D eigenvalue weighted by molar-refractivity contribution is 6.42. The Labute approximate surface area is 166 Å². The molecule has 0 radical (unpaired) electrons. The summed E-state index contributed by atoms with van der Waals surface area (Å²) in [5.41, 5.74) is 3.28. The zero-order valence-corrected chi connectivity index (χ0v) is 15.8. The van der Waals surface area contributed by atoms with E-state index in [1.54, 1.807) is 43.3 Å². The maximum atomic E-state index is 12.6. The van der Waals surface area contributed by atoms with Crippen molar-refractivity contribution in [3.05, 3.63) is 59.7 Å². The number of carbonyl (C=O) groups is 4. The first-order valence-electron chi connectivity index (χ1n) is 8.69. The van der Waals surface area contributed by atoms with Gasteiger partial charge in [-0.05, 0) is 43.3 Å². The van der Waals surface area contributed by atoms with E-state index in [1.807, 2.05) is 0 Å². The van der Waals surface area contributed by atoms with E-state index in [4.69, 9.17) is 4.74 Å². The molecule has 2 aromatic rings. The van der Waals surface area contributed by atoms with Gasteiger partial charge in [0, 0.05) is 6.21 Å². The van der Waals surface area contributed by atoms with Gasteiger partial charge >= 0.3 is 5.91 Å². The van der Waals surface area contributed by atoms with Crippen LogP contribution in [0.3, 0.4) is 0 Å². The second kappa shape index (κ2) is 8.44. The first-order valence-corrected chi connectivity index (χ1v) is 8.69. The second-order valence-corrected chi connectivity index (χ2v) is 5.94. The molecule has 3 amide bonds. The summed E-state index contributed by atoms with van der Waals surface area (Å²) in [5.74, 6) is -2.37. The average molecular weight is 394 g/mol. The summed E-state index contributed by atoms with van der Waals surface area (Å²) in [6, 6.07) is 12.7. The summed E-state index contributed by atoms with van der Waals surface area (Å²) in [4.78, 5) is 49.6. The van der Waals surface area contributed by atoms with Crippen LogP contribution in [-0.2, 0) is 9.59 Å². The van der Waals surface area contributed by atoms with E-state index in [9.17, 15) is 19.2 Å². The van der Waals surface area contributed by atoms with Gasteiger partial charge in [-0.25, -0.2) is 10.4 Å². The summed E-state index contributed by atoms with van der Waals surface area (Å²) in [6.07, 6.45) is 1.37. The highest BCUT2D eigenvalue weighted by Crippen LogP contribution is 2.21. The molecule has 0 fully saturated rings. The normalized spacial score (nSPS) is 13.0. The number of benzene rings is 2. The summed E-state index contributed by atoms with van der Waals surface area (Å²) in [6.45, 7) is 1.06. The Morgan fingerprint density at radius 3 is 2.17 bits per heavy atom. The Kier molecular flexibility index (Phi) is 5.79. The number of rotatable bonds is 7. The van der Waals surface area contributed by atoms with Crippen molar-refractivity contribution in [1.82, 2.24) is 10.4 Å². The zero-order chi connectivity index (χ0) is 21.0. The molecular formula is C20H18N4O5. The molecule has 9 heteroatoms. The van der Waals surface area contributed by atoms with Crippen LogP contribution in [0.1, 0.15) is 27.6 Å². The molecule has 1 N–H and O–H groups in total. The van der Waals surface area contributed by atoms with Crippen molar-refractivity contribution < 1.29 is 23.9 Å². The third kappa shape index (κ3) is 3.90. The Morgan fingerprint density at radius 2 is 1.66 bits per heavy atom. The van der Waals surface area contributed by atoms with Crippen LogP contribution < -0.4 is 15.2 Å². The molecule has 1 aliphatic rings. The summed E-state index contributed by atoms with van der Waals surface area (Å²) in [5, 5.41) is 5.60. The monoisotopic (exact) mass is 394 g/mol. The predicted octanol–water partition coefficient (Wildman–Crippen LogP) is 1.40. The van der Waals surface area contributed by atoms with E-state index in [1.165, 1.54) is 25.5 Å². The third-order valence-electron chi connectivity index (χ3n) is 4.17. The van der Waals surface area contributed by atoms with Gasteiger partial charge in [-0.1, -0.05) is 12.1 Å². The number of fused-ring (bicyclic) bond motifs is 1. The smallest absolute Gasteiger partial charge is 0.316 e. The van der Waals surface area contributed by atoms with Crippen LogP contribution in [0.25, 0.3) is 0 Å². The third-order valence-corrected chi connectivity index (χ3v) is 4.17. The number of ether oxygens (including phenoxy) is 1. The lowest BCUT2D eigenvalue weighted by atomic mass is 10.1. The lowest BCUT2D eigenvalue weighted by molar-refractivity contribution is -0.136. The lowest BCUT2D eigenvalue weighted by Gasteiger charge is -2.18. The van der Waals surface area contributed by atoms with Gasteiger partial charge in [0.2, 0.25) is 5.78 Å². The number of hydrazone groups is 1. The van der Waals surface area contributed by atoms with Crippen molar-refractivity contribution in [3.63, 3.8) is 0 Å². The number of anilines is 1. The molecule has 29 heavy (non-hydrogen) atoms. The zero-order valence-electron chi connectivity index (χ0n) is 15.8. The van der Waals surface area contributed by atoms with Crippen LogP contribution in [0, 0.1) is 0 Å². The molecular weight excluding hydrogens is 376 g/mol. The molecule has 0 bridgehead atoms. The first-order chi connectivity index (χ1) is 14.0. The molecule has 0 aliphatic carbocycles. The number of amides is 3. The molecule has 0 saturated carbocycles. The topological polar surface area (TPSA) is 108 Å². The Bertz CT molecular complexity index is 965. The fraction of sp³-hybridized carbons (Fsp3) is 0.150. The molecule has 0 unspecified atom stereocenters. The molecule has 0 aromatic heterocycles. The quantitative estimate of drug-likeness (QED) is 0.329. The molecule has 0 saturated heterocycles. The Balaban J connectivity index is 1.70. The van der Waals surface area contributed by atoms with E-state index in [0.29, 0.717) is 11.4 Å². The van der Waals surface area contributed by atoms with Gasteiger partial charge in [0.1, 0.15) is 5.75 Å². The second-order valence-electron chi connectivity index (χ2n) is 5.94. The van der Waals surface area contributed by atoms with Gasteiger partial charge in [0.05, 0.1) is 30.5 Å². The van der Waals surface area contributed by atoms with E-state index in [0.717, 1.165) is 10.0 Å². The van der Waals surface area contributed by atoms with E-state index < -0.39 is 30.0 Å². The highest BCUT2D eigenvalue weighted by Gasteiger charge is 2.36. The number of nitrogens with zero attached hydrogens (tertiary/aromatic N) is 3. The maximum Gasteiger partial charge on any atom is 0.316 e. The maximum absolute atomic E-state index is 12.6. The fourth-order valence-electron chi connectivity index (χ4n) is 2.75. The van der Waals surface area contributed by atoms with Crippen molar-refractivity contribution in [3.8, 4) is 5.75 Å². The van der Waals surface area contributed by atoms with E-state index >= 15 is 0 Å². The van der Waals surface area contributed by atoms with Crippen LogP contribution in [0.15, 0.2) is 53.6 Å². The Hall–Kier alpha value is -3.85. The van der Waals surface area contributed by atoms with Crippen molar-refractivity contribution in [2.45, 2.75) is 6.92 Å². The van der Waals surface area contributed by atoms with Crippen molar-refractivity contribution in [2.24, 2.45) is 5.10 Å². The van der Waals surface area contributed by atoms with Gasteiger partial charge in [0.25, 0.3) is 11.8 Å². The lowest BCUT2D eigenvalue weighted by Crippen LogP contribution is -2.47. The fourth-order valence-corrected chi connectivity index (χ4v) is 2.75. The number of imide groups is 1. The van der Waals surface area contributed by atoms with Crippen LogP contribution >= 0.6 is 0 Å². The first kappa shape index (κ1) is 19.9. The minimum Gasteiger partial charge on any atom is -0.497 e. The number of methoxy groups -OCH3 is 1. The molecule has 148 valence electrons. The highest BCUT2D eigenvalue weighted by atomic mass is 16.5. The van der Waals surface area contributed by atoms with Crippen LogP contribution in [-0.4, -0.2) is 48.4 Å². The van der Waals surface area contributed by atoms with Gasteiger partial charge in [-0.15, -0.1) is 0 Å². The number of nitrogens with one attached hydrogen (secondary N) is 1. The molecule has 9 nitrogen and oxygen atoms in total. The average Bonchev–Trinajstić information content (AvgIpc) is 3.00. The molecule has 1 heterocycles. The standard InChI is InChI=1S/C20H18N4O5/c1-3-21-23(13-8-10-14(29-2)11-9-13)20(28)17(25)12-22-24-18(26)15-6-4-5-7-16(15)19(24)27/h3-11,22H,12H2,1-2H3/b21-3+. The summed E-state index contributed by atoms with van der Waals surface area (Å²) >= 11 is 0. The molecule has 3 rings (SSSR count). The van der Waals surface area contributed by atoms with E-state index in [2.05, 4.69) is 10.5 Å². The molecule has 1 aliphatic heterocycles. The van der Waals surface area contributed by atoms with Gasteiger partial charge in [-0.2, -0.15) is 10.1 Å². The number of hydrazine groups is 1.